The van der Waals surface area contributed by atoms with Crippen LogP contribution in [-0.2, 0) is 20.8 Å². The lowest BCUT2D eigenvalue weighted by Gasteiger charge is -2.15. The predicted octanol–water partition coefficient (Wildman–Crippen LogP) is 2.82. The third-order valence-corrected chi connectivity index (χ3v) is 5.00. The van der Waals surface area contributed by atoms with E-state index < -0.39 is 21.6 Å². The average Bonchev–Trinajstić information content (AvgIpc) is 2.63. The maximum absolute atomic E-state index is 12.8. The number of ether oxygens (including phenoxy) is 1. The number of rotatable bonds is 11. The number of aliphatic imine (C=N–C) groups is 1. The summed E-state index contributed by atoms with van der Waals surface area (Å²) in [6.45, 7) is 5.83. The molecule has 0 bridgehead atoms. The van der Waals surface area contributed by atoms with Gasteiger partial charge in [-0.25, -0.2) is 8.42 Å². The molecule has 0 fully saturated rings. The number of halogens is 3. The Hall–Kier alpha value is -1.81. The second-order valence-corrected chi connectivity index (χ2v) is 9.00. The van der Waals surface area contributed by atoms with Crippen LogP contribution in [0, 0.1) is 0 Å². The Morgan fingerprint density at radius 1 is 1.24 bits per heavy atom. The molecule has 0 aromatic heterocycles. The molecule has 166 valence electrons. The summed E-state index contributed by atoms with van der Waals surface area (Å²) in [6, 6.07) is 5.37. The van der Waals surface area contributed by atoms with Crippen LogP contribution >= 0.6 is 0 Å². The number of hydrogen-bond acceptors (Lipinski definition) is 4. The van der Waals surface area contributed by atoms with Crippen LogP contribution < -0.4 is 10.6 Å². The lowest BCUT2D eigenvalue weighted by atomic mass is 9.96. The molecule has 0 spiro atoms. The Morgan fingerprint density at radius 2 is 1.97 bits per heavy atom. The van der Waals surface area contributed by atoms with Gasteiger partial charge in [-0.05, 0) is 30.9 Å². The summed E-state index contributed by atoms with van der Waals surface area (Å²) >= 11 is 0. The number of benzene rings is 1. The molecular formula is C19H30F3N3O3S. The van der Waals surface area contributed by atoms with Crippen molar-refractivity contribution in [3.8, 4) is 0 Å². The highest BCUT2D eigenvalue weighted by Crippen LogP contribution is 2.31. The van der Waals surface area contributed by atoms with E-state index in [4.69, 9.17) is 4.74 Å². The van der Waals surface area contributed by atoms with Crippen molar-refractivity contribution >= 4 is 15.8 Å². The van der Waals surface area contributed by atoms with Crippen LogP contribution in [0.25, 0.3) is 0 Å². The van der Waals surface area contributed by atoms with E-state index in [0.29, 0.717) is 44.2 Å². The lowest BCUT2D eigenvalue weighted by molar-refractivity contribution is -0.137. The zero-order chi connectivity index (χ0) is 21.9. The number of guanidine groups is 1. The molecular weight excluding hydrogens is 407 g/mol. The van der Waals surface area contributed by atoms with Crippen LogP contribution in [-0.4, -0.2) is 59.2 Å². The van der Waals surface area contributed by atoms with Crippen molar-refractivity contribution in [2.45, 2.75) is 32.4 Å². The van der Waals surface area contributed by atoms with Crippen molar-refractivity contribution < 1.29 is 26.3 Å². The SMILES string of the molecule is CCNC(=NCCC(C)c1cccc(C(F)(F)F)c1)NCCOCCS(C)(=O)=O. The third kappa shape index (κ3) is 11.1. The van der Waals surface area contributed by atoms with Crippen molar-refractivity contribution in [2.75, 3.05) is 44.9 Å². The summed E-state index contributed by atoms with van der Waals surface area (Å²) in [4.78, 5) is 4.43. The van der Waals surface area contributed by atoms with Gasteiger partial charge in [-0.15, -0.1) is 0 Å². The Bertz CT molecular complexity index is 753. The smallest absolute Gasteiger partial charge is 0.379 e. The number of alkyl halides is 3. The molecule has 1 rings (SSSR count). The van der Waals surface area contributed by atoms with Gasteiger partial charge < -0.3 is 15.4 Å². The van der Waals surface area contributed by atoms with Gasteiger partial charge in [0.15, 0.2) is 5.96 Å². The molecule has 0 saturated carbocycles. The number of nitrogens with one attached hydrogen (secondary N) is 2. The topological polar surface area (TPSA) is 79.8 Å². The van der Waals surface area contributed by atoms with Gasteiger partial charge in [-0.1, -0.05) is 25.1 Å². The first kappa shape index (κ1) is 25.2. The van der Waals surface area contributed by atoms with Crippen LogP contribution in [0.1, 0.15) is 37.3 Å². The first-order valence-electron chi connectivity index (χ1n) is 9.47. The molecule has 6 nitrogen and oxygen atoms in total. The van der Waals surface area contributed by atoms with Crippen molar-refractivity contribution in [3.63, 3.8) is 0 Å². The molecule has 1 aromatic carbocycles. The Labute approximate surface area is 170 Å². The van der Waals surface area contributed by atoms with Crippen molar-refractivity contribution in [1.82, 2.24) is 10.6 Å². The van der Waals surface area contributed by atoms with Crippen molar-refractivity contribution in [1.29, 1.82) is 0 Å². The monoisotopic (exact) mass is 437 g/mol. The zero-order valence-corrected chi connectivity index (χ0v) is 17.9. The van der Waals surface area contributed by atoms with E-state index in [1.54, 1.807) is 6.07 Å². The van der Waals surface area contributed by atoms with Gasteiger partial charge in [0, 0.05) is 25.9 Å². The van der Waals surface area contributed by atoms with Crippen LogP contribution in [0.2, 0.25) is 0 Å². The molecule has 0 aliphatic rings. The van der Waals surface area contributed by atoms with Gasteiger partial charge in [0.05, 0.1) is 24.5 Å². The van der Waals surface area contributed by atoms with Crippen LogP contribution in [0.5, 0.6) is 0 Å². The summed E-state index contributed by atoms with van der Waals surface area (Å²) in [6.07, 6.45) is -2.59. The molecule has 10 heteroatoms. The Kier molecular flexibility index (Phi) is 10.5. The van der Waals surface area contributed by atoms with Gasteiger partial charge in [0.25, 0.3) is 0 Å². The summed E-state index contributed by atoms with van der Waals surface area (Å²) in [7, 11) is -3.03. The number of sulfone groups is 1. The fourth-order valence-electron chi connectivity index (χ4n) is 2.45. The Balaban J connectivity index is 2.46. The highest BCUT2D eigenvalue weighted by atomic mass is 32.2. The molecule has 0 radical (unpaired) electrons. The van der Waals surface area contributed by atoms with Crippen LogP contribution in [0.15, 0.2) is 29.3 Å². The molecule has 0 saturated heterocycles. The standard InChI is InChI=1S/C19H30F3N3O3S/c1-4-23-18(25-10-11-28-12-13-29(3,26)27)24-9-8-15(2)16-6-5-7-17(14-16)19(20,21)22/h5-7,14-15H,4,8-13H2,1-3H3,(H2,23,24,25). The zero-order valence-electron chi connectivity index (χ0n) is 17.1. The summed E-state index contributed by atoms with van der Waals surface area (Å²) in [5.41, 5.74) is -0.0107. The molecule has 0 aliphatic carbocycles. The van der Waals surface area contributed by atoms with E-state index in [2.05, 4.69) is 15.6 Å². The maximum atomic E-state index is 12.8. The third-order valence-electron chi connectivity index (χ3n) is 4.10. The largest absolute Gasteiger partial charge is 0.416 e. The fourth-order valence-corrected chi connectivity index (χ4v) is 2.87. The number of hydrogen-bond donors (Lipinski definition) is 2. The second-order valence-electron chi connectivity index (χ2n) is 6.74. The lowest BCUT2D eigenvalue weighted by Crippen LogP contribution is -2.39. The van der Waals surface area contributed by atoms with Crippen molar-refractivity contribution in [2.24, 2.45) is 4.99 Å². The number of nitrogens with zero attached hydrogens (tertiary/aromatic N) is 1. The molecule has 2 N–H and O–H groups in total. The van der Waals surface area contributed by atoms with E-state index in [1.807, 2.05) is 13.8 Å². The van der Waals surface area contributed by atoms with E-state index in [0.717, 1.165) is 12.3 Å². The summed E-state index contributed by atoms with van der Waals surface area (Å²) in [5, 5.41) is 6.16. The van der Waals surface area contributed by atoms with Crippen LogP contribution in [0.4, 0.5) is 13.2 Å². The minimum absolute atomic E-state index is 0.0193. The van der Waals surface area contributed by atoms with Gasteiger partial charge in [0.2, 0.25) is 0 Å². The quantitative estimate of drug-likeness (QED) is 0.316. The van der Waals surface area contributed by atoms with Gasteiger partial charge in [-0.3, -0.25) is 4.99 Å². The molecule has 0 amide bonds. The fraction of sp³-hybridized carbons (Fsp3) is 0.632. The predicted molar refractivity (Wildman–Crippen MR) is 109 cm³/mol. The summed E-state index contributed by atoms with van der Waals surface area (Å²) in [5.74, 6) is 0.493. The van der Waals surface area contributed by atoms with Crippen LogP contribution in [0.3, 0.4) is 0 Å². The highest BCUT2D eigenvalue weighted by molar-refractivity contribution is 7.90. The summed E-state index contributed by atoms with van der Waals surface area (Å²) < 4.78 is 65.9. The Morgan fingerprint density at radius 3 is 2.59 bits per heavy atom. The molecule has 0 aliphatic heterocycles. The minimum Gasteiger partial charge on any atom is -0.379 e. The van der Waals surface area contributed by atoms with Gasteiger partial charge in [0.1, 0.15) is 9.84 Å². The molecule has 1 aromatic rings. The van der Waals surface area contributed by atoms with Gasteiger partial charge >= 0.3 is 6.18 Å². The van der Waals surface area contributed by atoms with Crippen molar-refractivity contribution in [3.05, 3.63) is 35.4 Å². The van der Waals surface area contributed by atoms with E-state index in [-0.39, 0.29) is 18.3 Å². The van der Waals surface area contributed by atoms with E-state index in [1.165, 1.54) is 12.1 Å². The normalized spacial score (nSPS) is 13.9. The molecule has 29 heavy (non-hydrogen) atoms. The van der Waals surface area contributed by atoms with E-state index >= 15 is 0 Å². The molecule has 1 unspecified atom stereocenters. The first-order chi connectivity index (χ1) is 13.5. The molecule has 1 atom stereocenters. The molecule has 0 heterocycles. The first-order valence-corrected chi connectivity index (χ1v) is 11.5. The maximum Gasteiger partial charge on any atom is 0.416 e. The van der Waals surface area contributed by atoms with E-state index in [9.17, 15) is 21.6 Å². The van der Waals surface area contributed by atoms with Gasteiger partial charge in [-0.2, -0.15) is 13.2 Å². The average molecular weight is 438 g/mol. The minimum atomic E-state index is -4.35. The second kappa shape index (κ2) is 12.0. The highest BCUT2D eigenvalue weighted by Gasteiger charge is 2.30.